The van der Waals surface area contributed by atoms with E-state index in [2.05, 4.69) is 0 Å². The molecule has 0 radical (unpaired) electrons. The highest BCUT2D eigenvalue weighted by atomic mass is 35.7. The Kier molecular flexibility index (Phi) is 5.06. The molecular formula is H3ClO8S. The number of hydrogen-bond donors (Lipinski definition) is 3. The molecule has 0 aliphatic rings. The molecule has 0 aliphatic carbocycles. The summed E-state index contributed by atoms with van der Waals surface area (Å²) in [5.41, 5.74) is 0. The van der Waals surface area contributed by atoms with Crippen LogP contribution in [0.4, 0.5) is 0 Å². The van der Waals surface area contributed by atoms with E-state index in [-0.39, 0.29) is 0 Å². The molecule has 0 rings (SSSR count). The fourth-order valence-corrected chi connectivity index (χ4v) is 0. The van der Waals surface area contributed by atoms with Crippen LogP contribution >= 0.6 is 0 Å². The van der Waals surface area contributed by atoms with Crippen molar-refractivity contribution in [1.82, 2.24) is 0 Å². The van der Waals surface area contributed by atoms with Gasteiger partial charge in [0.2, 0.25) is 0 Å². The zero-order valence-corrected chi connectivity index (χ0v) is 5.74. The second-order valence-electron chi connectivity index (χ2n) is 0.844. The van der Waals surface area contributed by atoms with E-state index >= 15 is 0 Å². The molecule has 0 heterocycles. The molecule has 0 aromatic carbocycles. The lowest BCUT2D eigenvalue weighted by Gasteiger charge is -2.03. The van der Waals surface area contributed by atoms with Crippen LogP contribution in [0.5, 0.6) is 0 Å². The van der Waals surface area contributed by atoms with Gasteiger partial charge in [-0.25, -0.2) is 0 Å². The van der Waals surface area contributed by atoms with Crippen molar-refractivity contribution < 1.29 is 46.4 Å². The highest BCUT2D eigenvalue weighted by Crippen LogP contribution is 1.61. The first-order valence-corrected chi connectivity index (χ1v) is 3.99. The highest BCUT2D eigenvalue weighted by Gasteiger charge is 1.98. The Hall–Kier alpha value is -0.0000000000000000971. The van der Waals surface area contributed by atoms with E-state index in [0.29, 0.717) is 0 Å². The van der Waals surface area contributed by atoms with Gasteiger partial charge in [-0.15, -0.1) is 0 Å². The third-order valence-electron chi connectivity index (χ3n) is 0. The maximum absolute atomic E-state index is 8.74. The maximum Gasteiger partial charge on any atom is 0.394 e. The topological polar surface area (TPSA) is 164 Å². The lowest BCUT2D eigenvalue weighted by atomic mass is 15.8. The van der Waals surface area contributed by atoms with E-state index in [1.165, 1.54) is 0 Å². The van der Waals surface area contributed by atoms with Gasteiger partial charge >= 0.3 is 10.4 Å². The van der Waals surface area contributed by atoms with Gasteiger partial charge in [0, 0.05) is 0 Å². The summed E-state index contributed by atoms with van der Waals surface area (Å²) < 4.78 is 64.3. The summed E-state index contributed by atoms with van der Waals surface area (Å²) in [6.07, 6.45) is 0. The summed E-state index contributed by atoms with van der Waals surface area (Å²) in [6, 6.07) is 0. The van der Waals surface area contributed by atoms with Crippen LogP contribution in [-0.4, -0.2) is 22.2 Å². The predicted octanol–water partition coefficient (Wildman–Crippen LogP) is -4.78. The molecular weight excluding hydrogens is 196 g/mol. The molecule has 0 saturated carbocycles. The molecule has 0 spiro atoms. The van der Waals surface area contributed by atoms with Gasteiger partial charge in [0.05, 0.1) is 14.9 Å². The van der Waals surface area contributed by atoms with E-state index in [4.69, 9.17) is 36.2 Å². The minimum atomic E-state index is -4.69. The molecule has 10 heteroatoms. The summed E-state index contributed by atoms with van der Waals surface area (Å²) in [5, 5.41) is 0. The van der Waals surface area contributed by atoms with Crippen molar-refractivity contribution in [2.24, 2.45) is 0 Å². The Bertz CT molecular complexity index is 144. The molecule has 64 valence electrons. The van der Waals surface area contributed by atoms with Crippen LogP contribution in [0.25, 0.3) is 0 Å². The molecule has 10 heavy (non-hydrogen) atoms. The lowest BCUT2D eigenvalue weighted by molar-refractivity contribution is -1.92. The predicted molar refractivity (Wildman–Crippen MR) is 16.4 cm³/mol. The fourth-order valence-electron chi connectivity index (χ4n) is 0. The van der Waals surface area contributed by atoms with Crippen molar-refractivity contribution in [3.63, 3.8) is 0 Å². The summed E-state index contributed by atoms with van der Waals surface area (Å²) in [7, 11) is -9.36. The quantitative estimate of drug-likeness (QED) is 0.326. The minimum Gasteiger partial charge on any atom is -0.264 e. The summed E-state index contributed by atoms with van der Waals surface area (Å²) in [5.74, 6) is 0. The van der Waals surface area contributed by atoms with E-state index in [1.54, 1.807) is 0 Å². The molecule has 0 aromatic rings. The molecule has 0 atom stereocenters. The number of rotatable bonds is 0. The van der Waals surface area contributed by atoms with Crippen molar-refractivity contribution in [2.75, 3.05) is 0 Å². The standard InChI is InChI=1S/ClHO4.H2O4S/c2-1(3,4)5;1-5(2,3)4/h(H,2,3,4,5);(H2,1,2,3,4). The average Bonchev–Trinajstić information content (AvgIpc) is 1.12. The van der Waals surface area contributed by atoms with Crippen LogP contribution in [-0.2, 0) is 10.4 Å². The van der Waals surface area contributed by atoms with Gasteiger partial charge < -0.3 is 0 Å². The van der Waals surface area contributed by atoms with E-state index in [1.807, 2.05) is 0 Å². The van der Waals surface area contributed by atoms with Crippen LogP contribution < -0.4 is 14.0 Å². The van der Waals surface area contributed by atoms with Gasteiger partial charge in [0.25, 0.3) is 0 Å². The van der Waals surface area contributed by atoms with E-state index in [9.17, 15) is 0 Å². The Balaban J connectivity index is 0. The van der Waals surface area contributed by atoms with Gasteiger partial charge in [0.1, 0.15) is 0 Å². The first-order valence-electron chi connectivity index (χ1n) is 1.33. The average molecular weight is 199 g/mol. The monoisotopic (exact) mass is 198 g/mol. The Morgan fingerprint density at radius 3 is 1.10 bits per heavy atom. The first kappa shape index (κ1) is 12.7. The smallest absolute Gasteiger partial charge is 0.264 e. The van der Waals surface area contributed by atoms with Gasteiger partial charge in [-0.05, 0) is 0 Å². The molecule has 0 aliphatic heterocycles. The Morgan fingerprint density at radius 1 is 1.10 bits per heavy atom. The Labute approximate surface area is 57.6 Å². The zero-order valence-electron chi connectivity index (χ0n) is 4.17. The SMILES string of the molecule is O=S(=O)(O)O.[O-][Cl+3]([O-])([O-])O. The summed E-state index contributed by atoms with van der Waals surface area (Å²) in [4.78, 5) is 0. The molecule has 0 aromatic heterocycles. The largest absolute Gasteiger partial charge is 0.394 e. The van der Waals surface area contributed by atoms with Gasteiger partial charge in [-0.3, -0.25) is 9.11 Å². The second kappa shape index (κ2) is 4.00. The van der Waals surface area contributed by atoms with E-state index in [0.717, 1.165) is 0 Å². The minimum absolute atomic E-state index is 4.67. The normalized spacial score (nSPS) is 11.8. The summed E-state index contributed by atoms with van der Waals surface area (Å²) >= 11 is 0. The first-order chi connectivity index (χ1) is 4.00. The molecule has 0 saturated heterocycles. The molecule has 0 amide bonds. The molecule has 8 nitrogen and oxygen atoms in total. The van der Waals surface area contributed by atoms with Crippen molar-refractivity contribution in [2.45, 2.75) is 0 Å². The molecule has 0 unspecified atom stereocenters. The third kappa shape index (κ3) is 41500000000000000911906223631106048. The van der Waals surface area contributed by atoms with Crippen molar-refractivity contribution in [1.29, 1.82) is 0 Å². The van der Waals surface area contributed by atoms with Gasteiger partial charge in [0.15, 0.2) is 0 Å². The molecule has 3 N–H and O–H groups in total. The van der Waals surface area contributed by atoms with Crippen LogP contribution in [0.15, 0.2) is 0 Å². The highest BCUT2D eigenvalue weighted by molar-refractivity contribution is 7.79. The Morgan fingerprint density at radius 2 is 1.10 bits per heavy atom. The van der Waals surface area contributed by atoms with Crippen LogP contribution in [0.1, 0.15) is 0 Å². The van der Waals surface area contributed by atoms with Crippen LogP contribution in [0, 0.1) is 10.2 Å². The third-order valence-corrected chi connectivity index (χ3v) is 0. The van der Waals surface area contributed by atoms with Crippen LogP contribution in [0.2, 0.25) is 0 Å². The van der Waals surface area contributed by atoms with E-state index < -0.39 is 20.6 Å². The fraction of sp³-hybridized carbons (Fsp3) is 0. The lowest BCUT2D eigenvalue weighted by Crippen LogP contribution is -2.58. The van der Waals surface area contributed by atoms with Gasteiger partial charge in [-0.2, -0.15) is 22.4 Å². The van der Waals surface area contributed by atoms with Crippen molar-refractivity contribution in [3.05, 3.63) is 0 Å². The van der Waals surface area contributed by atoms with Crippen molar-refractivity contribution >= 4 is 10.4 Å². The number of hydrogen-bond acceptors (Lipinski definition) is 6. The maximum atomic E-state index is 8.74. The number of halogens is 1. The van der Waals surface area contributed by atoms with Gasteiger partial charge in [-0.1, -0.05) is 0 Å². The van der Waals surface area contributed by atoms with Crippen LogP contribution in [0.3, 0.4) is 0 Å². The molecule has 0 fully saturated rings. The second-order valence-corrected chi connectivity index (χ2v) is 2.53. The summed E-state index contributed by atoms with van der Waals surface area (Å²) in [6.45, 7) is 0. The van der Waals surface area contributed by atoms with Crippen molar-refractivity contribution in [3.8, 4) is 0 Å². The zero-order chi connectivity index (χ0) is 9.00. The molecule has 0 bridgehead atoms.